The highest BCUT2D eigenvalue weighted by molar-refractivity contribution is 5.96. The van der Waals surface area contributed by atoms with E-state index in [0.717, 1.165) is 18.4 Å². The number of rotatable bonds is 3. The van der Waals surface area contributed by atoms with Crippen molar-refractivity contribution in [1.82, 2.24) is 5.16 Å². The van der Waals surface area contributed by atoms with Gasteiger partial charge in [0.05, 0.1) is 0 Å². The van der Waals surface area contributed by atoms with Crippen LogP contribution < -0.4 is 0 Å². The van der Waals surface area contributed by atoms with Crippen molar-refractivity contribution >= 4 is 5.97 Å². The molecule has 0 saturated heterocycles. The quantitative estimate of drug-likeness (QED) is 0.917. The van der Waals surface area contributed by atoms with Gasteiger partial charge in [-0.1, -0.05) is 50.2 Å². The first kappa shape index (κ1) is 13.9. The number of hydrogen-bond donors (Lipinski definition) is 1. The molecular weight excluding hydrogens is 266 g/mol. The lowest BCUT2D eigenvalue weighted by molar-refractivity contribution is 0.0693. The number of aromatic carboxylic acids is 1. The predicted octanol–water partition coefficient (Wildman–Crippen LogP) is 4.21. The van der Waals surface area contributed by atoms with Crippen molar-refractivity contribution in [2.75, 3.05) is 0 Å². The normalized spacial score (nSPS) is 15.2. The van der Waals surface area contributed by atoms with Crippen molar-refractivity contribution in [2.24, 2.45) is 0 Å². The molecule has 0 aliphatic heterocycles. The smallest absolute Gasteiger partial charge is 0.341 e. The van der Waals surface area contributed by atoms with Gasteiger partial charge in [-0.2, -0.15) is 0 Å². The SMILES string of the molecule is CC(C)(C)c1onc(-c2ccccc2C2CC2)c1C(=O)O. The molecule has 0 radical (unpaired) electrons. The summed E-state index contributed by atoms with van der Waals surface area (Å²) in [5.74, 6) is -0.0324. The van der Waals surface area contributed by atoms with Crippen molar-refractivity contribution in [2.45, 2.75) is 44.9 Å². The molecule has 0 unspecified atom stereocenters. The Balaban J connectivity index is 2.20. The van der Waals surface area contributed by atoms with Gasteiger partial charge in [-0.3, -0.25) is 0 Å². The van der Waals surface area contributed by atoms with E-state index < -0.39 is 11.4 Å². The third-order valence-electron chi connectivity index (χ3n) is 3.82. The lowest BCUT2D eigenvalue weighted by Gasteiger charge is -2.14. The Labute approximate surface area is 123 Å². The minimum Gasteiger partial charge on any atom is -0.477 e. The third-order valence-corrected chi connectivity index (χ3v) is 3.82. The molecule has 1 aliphatic carbocycles. The average molecular weight is 285 g/mol. The molecule has 0 spiro atoms. The first-order valence-electron chi connectivity index (χ1n) is 7.22. The van der Waals surface area contributed by atoms with Crippen LogP contribution in [0, 0.1) is 0 Å². The van der Waals surface area contributed by atoms with Crippen LogP contribution in [0.4, 0.5) is 0 Å². The summed E-state index contributed by atoms with van der Waals surface area (Å²) in [5, 5.41) is 13.7. The van der Waals surface area contributed by atoms with Gasteiger partial charge >= 0.3 is 5.97 Å². The Hall–Kier alpha value is -2.10. The molecule has 0 atom stereocenters. The molecule has 3 rings (SSSR count). The molecule has 4 nitrogen and oxygen atoms in total. The summed E-state index contributed by atoms with van der Waals surface area (Å²) < 4.78 is 5.40. The number of aromatic nitrogens is 1. The molecule has 110 valence electrons. The zero-order valence-corrected chi connectivity index (χ0v) is 12.5. The minimum atomic E-state index is -0.984. The number of carboxylic acids is 1. The van der Waals surface area contributed by atoms with E-state index >= 15 is 0 Å². The van der Waals surface area contributed by atoms with Gasteiger partial charge in [0.2, 0.25) is 0 Å². The minimum absolute atomic E-state index is 0.190. The summed E-state index contributed by atoms with van der Waals surface area (Å²) >= 11 is 0. The van der Waals surface area contributed by atoms with Crippen LogP contribution in [0.5, 0.6) is 0 Å². The molecular formula is C17H19NO3. The molecule has 0 amide bonds. The fourth-order valence-electron chi connectivity index (χ4n) is 2.65. The fourth-order valence-corrected chi connectivity index (χ4v) is 2.65. The van der Waals surface area contributed by atoms with E-state index in [2.05, 4.69) is 11.2 Å². The Bertz CT molecular complexity index is 690. The molecule has 1 saturated carbocycles. The van der Waals surface area contributed by atoms with Crippen molar-refractivity contribution in [1.29, 1.82) is 0 Å². The van der Waals surface area contributed by atoms with Gasteiger partial charge in [0, 0.05) is 11.0 Å². The number of carboxylic acid groups (broad SMARTS) is 1. The van der Waals surface area contributed by atoms with Crippen LogP contribution in [0.15, 0.2) is 28.8 Å². The maximum absolute atomic E-state index is 11.7. The number of hydrogen-bond acceptors (Lipinski definition) is 3. The van der Waals surface area contributed by atoms with Gasteiger partial charge in [-0.15, -0.1) is 0 Å². The summed E-state index contributed by atoms with van der Waals surface area (Å²) in [7, 11) is 0. The summed E-state index contributed by atoms with van der Waals surface area (Å²) in [4.78, 5) is 11.7. The summed E-state index contributed by atoms with van der Waals surface area (Å²) in [6.45, 7) is 5.78. The van der Waals surface area contributed by atoms with Crippen LogP contribution in [0.3, 0.4) is 0 Å². The number of carbonyl (C=O) groups is 1. The van der Waals surface area contributed by atoms with Crippen LogP contribution in [0.25, 0.3) is 11.3 Å². The van der Waals surface area contributed by atoms with E-state index in [4.69, 9.17) is 4.52 Å². The third kappa shape index (κ3) is 2.46. The molecule has 1 aromatic heterocycles. The standard InChI is InChI=1S/C17H19NO3/c1-17(2,3)15-13(16(19)20)14(18-21-15)12-7-5-4-6-11(12)10-8-9-10/h4-7,10H,8-9H2,1-3H3,(H,19,20). The molecule has 21 heavy (non-hydrogen) atoms. The summed E-state index contributed by atoms with van der Waals surface area (Å²) in [6.07, 6.45) is 2.31. The first-order valence-corrected chi connectivity index (χ1v) is 7.22. The molecule has 0 bridgehead atoms. The Kier molecular flexibility index (Phi) is 3.12. The lowest BCUT2D eigenvalue weighted by atomic mass is 9.88. The van der Waals surface area contributed by atoms with Crippen molar-refractivity contribution < 1.29 is 14.4 Å². The Morgan fingerprint density at radius 2 is 1.95 bits per heavy atom. The van der Waals surface area contributed by atoms with E-state index in [1.54, 1.807) is 0 Å². The van der Waals surface area contributed by atoms with Crippen LogP contribution in [0.2, 0.25) is 0 Å². The fraction of sp³-hybridized carbons (Fsp3) is 0.412. The monoisotopic (exact) mass is 285 g/mol. The second-order valence-corrected chi connectivity index (χ2v) is 6.65. The molecule has 4 heteroatoms. The Morgan fingerprint density at radius 3 is 2.52 bits per heavy atom. The van der Waals surface area contributed by atoms with E-state index in [1.807, 2.05) is 39.0 Å². The topological polar surface area (TPSA) is 63.3 Å². The number of nitrogens with zero attached hydrogens (tertiary/aromatic N) is 1. The van der Waals surface area contributed by atoms with Gasteiger partial charge in [0.15, 0.2) is 5.76 Å². The Morgan fingerprint density at radius 1 is 1.29 bits per heavy atom. The van der Waals surface area contributed by atoms with Gasteiger partial charge in [0.25, 0.3) is 0 Å². The molecule has 1 N–H and O–H groups in total. The van der Waals surface area contributed by atoms with Crippen LogP contribution >= 0.6 is 0 Å². The zero-order valence-electron chi connectivity index (χ0n) is 12.5. The van der Waals surface area contributed by atoms with Crippen LogP contribution in [-0.2, 0) is 5.41 Å². The van der Waals surface area contributed by atoms with Crippen molar-refractivity contribution in [3.05, 3.63) is 41.2 Å². The largest absolute Gasteiger partial charge is 0.477 e. The maximum atomic E-state index is 11.7. The predicted molar refractivity (Wildman–Crippen MR) is 79.6 cm³/mol. The van der Waals surface area contributed by atoms with Gasteiger partial charge in [-0.05, 0) is 24.3 Å². The van der Waals surface area contributed by atoms with Crippen molar-refractivity contribution in [3.8, 4) is 11.3 Å². The second kappa shape index (κ2) is 4.72. The average Bonchev–Trinajstić information content (AvgIpc) is 3.14. The molecule has 1 aliphatic rings. The highest BCUT2D eigenvalue weighted by Crippen LogP contribution is 2.45. The van der Waals surface area contributed by atoms with E-state index in [-0.39, 0.29) is 5.56 Å². The van der Waals surface area contributed by atoms with Crippen LogP contribution in [-0.4, -0.2) is 16.2 Å². The summed E-state index contributed by atoms with van der Waals surface area (Å²) in [6, 6.07) is 7.90. The van der Waals surface area contributed by atoms with Crippen LogP contribution in [0.1, 0.15) is 61.2 Å². The van der Waals surface area contributed by atoms with Gasteiger partial charge < -0.3 is 9.63 Å². The van der Waals surface area contributed by atoms with Crippen molar-refractivity contribution in [3.63, 3.8) is 0 Å². The molecule has 1 fully saturated rings. The number of benzene rings is 1. The second-order valence-electron chi connectivity index (χ2n) is 6.65. The summed E-state index contributed by atoms with van der Waals surface area (Å²) in [5.41, 5.74) is 2.31. The molecule has 1 aromatic carbocycles. The molecule has 1 heterocycles. The zero-order chi connectivity index (χ0) is 15.2. The first-order chi connectivity index (χ1) is 9.89. The van der Waals surface area contributed by atoms with E-state index in [0.29, 0.717) is 17.4 Å². The van der Waals surface area contributed by atoms with Gasteiger partial charge in [-0.25, -0.2) is 4.79 Å². The van der Waals surface area contributed by atoms with E-state index in [9.17, 15) is 9.90 Å². The molecule has 2 aromatic rings. The highest BCUT2D eigenvalue weighted by atomic mass is 16.5. The van der Waals surface area contributed by atoms with Gasteiger partial charge in [0.1, 0.15) is 11.3 Å². The maximum Gasteiger partial charge on any atom is 0.341 e. The van der Waals surface area contributed by atoms with E-state index in [1.165, 1.54) is 5.56 Å². The lowest BCUT2D eigenvalue weighted by Crippen LogP contribution is -2.15. The highest BCUT2D eigenvalue weighted by Gasteiger charge is 2.34.